The average molecular weight is 367 g/mol. The van der Waals surface area contributed by atoms with Crippen LogP contribution in [0.4, 0.5) is 0 Å². The van der Waals surface area contributed by atoms with Gasteiger partial charge in [0.05, 0.1) is 17.9 Å². The van der Waals surface area contributed by atoms with Gasteiger partial charge in [0.25, 0.3) is 0 Å². The summed E-state index contributed by atoms with van der Waals surface area (Å²) in [5, 5.41) is 9.50. The number of carbonyl (C=O) groups excluding carboxylic acids is 1. The first-order chi connectivity index (χ1) is 12.7. The van der Waals surface area contributed by atoms with Gasteiger partial charge in [-0.25, -0.2) is 0 Å². The Morgan fingerprint density at radius 2 is 2.23 bits per heavy atom. The molecular formula is C19H21N5OS. The molecule has 7 heteroatoms. The summed E-state index contributed by atoms with van der Waals surface area (Å²) in [4.78, 5) is 20.8. The van der Waals surface area contributed by atoms with Gasteiger partial charge in [-0.1, -0.05) is 6.07 Å². The van der Waals surface area contributed by atoms with E-state index in [1.807, 2.05) is 28.9 Å². The molecule has 0 saturated carbocycles. The van der Waals surface area contributed by atoms with Gasteiger partial charge in [-0.3, -0.25) is 19.4 Å². The molecule has 1 aliphatic heterocycles. The fourth-order valence-corrected chi connectivity index (χ4v) is 4.19. The van der Waals surface area contributed by atoms with Crippen molar-refractivity contribution in [3.63, 3.8) is 0 Å². The van der Waals surface area contributed by atoms with Gasteiger partial charge in [-0.05, 0) is 42.1 Å². The molecule has 134 valence electrons. The standard InChI is InChI=1S/C19H21N5OS/c1-14-6-9-26-18(14)13-23-11-16-5-8-22-24(16)17(12-23)19(25)21-10-15-4-2-3-7-20-15/h2-9,17H,10-13H2,1H3,(H,21,25)/t17-/m1/s1. The number of nitrogens with one attached hydrogen (secondary N) is 1. The number of nitrogens with zero attached hydrogens (tertiary/aromatic N) is 4. The Balaban J connectivity index is 1.47. The predicted molar refractivity (Wildman–Crippen MR) is 101 cm³/mol. The second kappa shape index (κ2) is 7.39. The van der Waals surface area contributed by atoms with Crippen LogP contribution < -0.4 is 5.32 Å². The Labute approximate surface area is 156 Å². The van der Waals surface area contributed by atoms with Crippen molar-refractivity contribution in [1.29, 1.82) is 0 Å². The van der Waals surface area contributed by atoms with Crippen LogP contribution in [0, 0.1) is 6.92 Å². The van der Waals surface area contributed by atoms with Crippen molar-refractivity contribution >= 4 is 17.2 Å². The van der Waals surface area contributed by atoms with Crippen LogP contribution in [-0.2, 0) is 24.4 Å². The van der Waals surface area contributed by atoms with Crippen LogP contribution in [-0.4, -0.2) is 32.1 Å². The molecule has 0 aliphatic carbocycles. The van der Waals surface area contributed by atoms with E-state index in [0.29, 0.717) is 13.1 Å². The highest BCUT2D eigenvalue weighted by Gasteiger charge is 2.31. The molecule has 1 atom stereocenters. The average Bonchev–Trinajstić information content (AvgIpc) is 3.29. The third kappa shape index (κ3) is 3.54. The number of rotatable bonds is 5. The summed E-state index contributed by atoms with van der Waals surface area (Å²) >= 11 is 1.77. The van der Waals surface area contributed by atoms with Crippen molar-refractivity contribution in [1.82, 2.24) is 25.0 Å². The van der Waals surface area contributed by atoms with Crippen molar-refractivity contribution < 1.29 is 4.79 Å². The molecule has 1 N–H and O–H groups in total. The fraction of sp³-hybridized carbons (Fsp3) is 0.316. The van der Waals surface area contributed by atoms with Gasteiger partial charge in [0.15, 0.2) is 0 Å². The Kier molecular flexibility index (Phi) is 4.81. The van der Waals surface area contributed by atoms with Crippen LogP contribution in [0.2, 0.25) is 0 Å². The normalized spacial score (nSPS) is 17.0. The smallest absolute Gasteiger partial charge is 0.246 e. The molecule has 1 aliphatic rings. The molecule has 6 nitrogen and oxygen atoms in total. The number of aromatic nitrogens is 3. The lowest BCUT2D eigenvalue weighted by Gasteiger charge is -2.33. The molecule has 0 fully saturated rings. The van der Waals surface area contributed by atoms with Gasteiger partial charge in [0.2, 0.25) is 5.91 Å². The van der Waals surface area contributed by atoms with Gasteiger partial charge in [-0.2, -0.15) is 5.10 Å². The van der Waals surface area contributed by atoms with Crippen LogP contribution in [0.3, 0.4) is 0 Å². The zero-order valence-electron chi connectivity index (χ0n) is 14.6. The number of thiophene rings is 1. The summed E-state index contributed by atoms with van der Waals surface area (Å²) in [5.74, 6) is -0.0202. The molecule has 0 bridgehead atoms. The summed E-state index contributed by atoms with van der Waals surface area (Å²) in [6.07, 6.45) is 3.51. The number of amides is 1. The number of fused-ring (bicyclic) bond motifs is 1. The molecule has 0 spiro atoms. The van der Waals surface area contributed by atoms with E-state index < -0.39 is 0 Å². The summed E-state index contributed by atoms with van der Waals surface area (Å²) in [6, 6.07) is 9.51. The summed E-state index contributed by atoms with van der Waals surface area (Å²) in [5.41, 5.74) is 3.23. The number of hydrogen-bond acceptors (Lipinski definition) is 5. The minimum Gasteiger partial charge on any atom is -0.349 e. The van der Waals surface area contributed by atoms with Gasteiger partial charge in [0.1, 0.15) is 6.04 Å². The third-order valence-electron chi connectivity index (χ3n) is 4.67. The Hall–Kier alpha value is -2.51. The van der Waals surface area contributed by atoms with Crippen LogP contribution >= 0.6 is 11.3 Å². The lowest BCUT2D eigenvalue weighted by Crippen LogP contribution is -2.44. The molecule has 3 aromatic rings. The predicted octanol–water partition coefficient (Wildman–Crippen LogP) is 2.52. The van der Waals surface area contributed by atoms with Crippen molar-refractivity contribution in [3.8, 4) is 0 Å². The Morgan fingerprint density at radius 3 is 3.00 bits per heavy atom. The lowest BCUT2D eigenvalue weighted by atomic mass is 10.1. The maximum atomic E-state index is 12.8. The van der Waals surface area contributed by atoms with Crippen molar-refractivity contribution in [3.05, 3.63) is 69.9 Å². The maximum Gasteiger partial charge on any atom is 0.246 e. The van der Waals surface area contributed by atoms with E-state index >= 15 is 0 Å². The molecule has 0 aromatic carbocycles. The quantitative estimate of drug-likeness (QED) is 0.753. The van der Waals surface area contributed by atoms with Crippen LogP contribution in [0.1, 0.15) is 27.9 Å². The highest BCUT2D eigenvalue weighted by atomic mass is 32.1. The Morgan fingerprint density at radius 1 is 1.31 bits per heavy atom. The molecular weight excluding hydrogens is 346 g/mol. The van der Waals surface area contributed by atoms with Crippen molar-refractivity contribution in [2.75, 3.05) is 6.54 Å². The van der Waals surface area contributed by atoms with Crippen LogP contribution in [0.5, 0.6) is 0 Å². The Bertz CT molecular complexity index is 888. The van der Waals surface area contributed by atoms with Gasteiger partial charge in [0, 0.05) is 36.9 Å². The van der Waals surface area contributed by atoms with E-state index in [4.69, 9.17) is 0 Å². The SMILES string of the molecule is Cc1ccsc1CN1Cc2ccnn2[C@@H](C(=O)NCc2ccccn2)C1. The first-order valence-corrected chi connectivity index (χ1v) is 9.54. The highest BCUT2D eigenvalue weighted by molar-refractivity contribution is 7.10. The molecule has 26 heavy (non-hydrogen) atoms. The number of hydrogen-bond donors (Lipinski definition) is 1. The molecule has 0 saturated heterocycles. The minimum absolute atomic E-state index is 0.0202. The number of carbonyl (C=O) groups is 1. The first kappa shape index (κ1) is 16.9. The zero-order chi connectivity index (χ0) is 17.9. The maximum absolute atomic E-state index is 12.8. The minimum atomic E-state index is -0.322. The van der Waals surface area contributed by atoms with E-state index in [1.165, 1.54) is 10.4 Å². The van der Waals surface area contributed by atoms with Gasteiger partial charge >= 0.3 is 0 Å². The molecule has 4 heterocycles. The second-order valence-corrected chi connectivity index (χ2v) is 7.52. The fourth-order valence-electron chi connectivity index (χ4n) is 3.24. The van der Waals surface area contributed by atoms with E-state index in [9.17, 15) is 4.79 Å². The van der Waals surface area contributed by atoms with E-state index in [-0.39, 0.29) is 11.9 Å². The zero-order valence-corrected chi connectivity index (χ0v) is 15.4. The van der Waals surface area contributed by atoms with Crippen molar-refractivity contribution in [2.24, 2.45) is 0 Å². The summed E-state index contributed by atoms with van der Waals surface area (Å²) in [7, 11) is 0. The number of pyridine rings is 1. The first-order valence-electron chi connectivity index (χ1n) is 8.66. The van der Waals surface area contributed by atoms with E-state index in [1.54, 1.807) is 23.7 Å². The largest absolute Gasteiger partial charge is 0.349 e. The van der Waals surface area contributed by atoms with Gasteiger partial charge in [-0.15, -0.1) is 11.3 Å². The highest BCUT2D eigenvalue weighted by Crippen LogP contribution is 2.25. The molecule has 3 aromatic heterocycles. The van der Waals surface area contributed by atoms with Crippen molar-refractivity contribution in [2.45, 2.75) is 32.6 Å². The van der Waals surface area contributed by atoms with Crippen LogP contribution in [0.15, 0.2) is 48.1 Å². The number of aryl methyl sites for hydroxylation is 1. The lowest BCUT2D eigenvalue weighted by molar-refractivity contribution is -0.126. The van der Waals surface area contributed by atoms with Crippen LogP contribution in [0.25, 0.3) is 0 Å². The monoisotopic (exact) mass is 367 g/mol. The third-order valence-corrected chi connectivity index (χ3v) is 5.68. The molecule has 4 rings (SSSR count). The van der Waals surface area contributed by atoms with E-state index in [0.717, 1.165) is 24.5 Å². The molecule has 0 radical (unpaired) electrons. The summed E-state index contributed by atoms with van der Waals surface area (Å²) in [6.45, 7) is 4.88. The molecule has 0 unspecified atom stereocenters. The van der Waals surface area contributed by atoms with Gasteiger partial charge < -0.3 is 5.32 Å². The second-order valence-electron chi connectivity index (χ2n) is 6.52. The van der Waals surface area contributed by atoms with E-state index in [2.05, 4.69) is 38.7 Å². The topological polar surface area (TPSA) is 63.1 Å². The molecule has 1 amide bonds. The summed E-state index contributed by atoms with van der Waals surface area (Å²) < 4.78 is 1.85.